The van der Waals surface area contributed by atoms with Gasteiger partial charge in [0.1, 0.15) is 12.4 Å². The summed E-state index contributed by atoms with van der Waals surface area (Å²) in [4.78, 5) is 4.17. The molecule has 122 valence electrons. The molecule has 0 unspecified atom stereocenters. The predicted octanol–water partition coefficient (Wildman–Crippen LogP) is 2.85. The molecule has 0 spiro atoms. The fraction of sp³-hybridized carbons (Fsp3) is 0.667. The van der Waals surface area contributed by atoms with Crippen molar-refractivity contribution < 1.29 is 22.6 Å². The Morgan fingerprint density at radius 2 is 2.14 bits per heavy atom. The summed E-state index contributed by atoms with van der Waals surface area (Å²) in [5.74, 6) is 1.24. The molecule has 0 amide bonds. The zero-order valence-electron chi connectivity index (χ0n) is 12.1. The molecule has 1 aliphatic carbocycles. The zero-order valence-corrected chi connectivity index (χ0v) is 12.1. The highest BCUT2D eigenvalue weighted by atomic mass is 19.4. The van der Waals surface area contributed by atoms with E-state index in [0.29, 0.717) is 19.1 Å². The van der Waals surface area contributed by atoms with Crippen LogP contribution in [0.15, 0.2) is 18.5 Å². The predicted molar refractivity (Wildman–Crippen MR) is 73.6 cm³/mol. The van der Waals surface area contributed by atoms with Crippen molar-refractivity contribution in [2.24, 2.45) is 5.92 Å². The van der Waals surface area contributed by atoms with Crippen molar-refractivity contribution in [2.75, 3.05) is 19.8 Å². The average molecular weight is 316 g/mol. The van der Waals surface area contributed by atoms with E-state index in [4.69, 9.17) is 4.74 Å². The molecule has 0 bridgehead atoms. The first-order chi connectivity index (χ1) is 10.5. The third-order valence-corrected chi connectivity index (χ3v) is 4.22. The minimum absolute atomic E-state index is 0.243. The minimum atomic E-state index is -4.53. The fourth-order valence-electron chi connectivity index (χ4n) is 2.71. The van der Waals surface area contributed by atoms with Gasteiger partial charge in [-0.15, -0.1) is 13.2 Å². The molecule has 2 heterocycles. The van der Waals surface area contributed by atoms with Gasteiger partial charge in [-0.1, -0.05) is 0 Å². The number of aromatic nitrogens is 1. The van der Waals surface area contributed by atoms with E-state index in [9.17, 15) is 13.2 Å². The Hall–Kier alpha value is -1.34. The van der Waals surface area contributed by atoms with Crippen molar-refractivity contribution in [2.45, 2.75) is 37.6 Å². The first-order valence-corrected chi connectivity index (χ1v) is 7.53. The van der Waals surface area contributed by atoms with E-state index in [1.807, 2.05) is 6.07 Å². The van der Waals surface area contributed by atoms with Gasteiger partial charge >= 0.3 is 6.36 Å². The number of alkyl halides is 3. The molecule has 0 aromatic carbocycles. The van der Waals surface area contributed by atoms with Gasteiger partial charge in [-0.2, -0.15) is 0 Å². The molecule has 7 heteroatoms. The lowest BCUT2D eigenvalue weighted by Gasteiger charge is -2.27. The van der Waals surface area contributed by atoms with Crippen LogP contribution in [-0.2, 0) is 4.74 Å². The van der Waals surface area contributed by atoms with Gasteiger partial charge in [-0.3, -0.25) is 9.72 Å². The van der Waals surface area contributed by atoms with Crippen LogP contribution < -0.4 is 10.1 Å². The molecule has 1 saturated heterocycles. The molecule has 2 fully saturated rings. The Morgan fingerprint density at radius 1 is 1.32 bits per heavy atom. The van der Waals surface area contributed by atoms with E-state index < -0.39 is 6.36 Å². The van der Waals surface area contributed by atoms with Crippen LogP contribution in [0.1, 0.15) is 30.7 Å². The Bertz CT molecular complexity index is 506. The Labute approximate surface area is 127 Å². The van der Waals surface area contributed by atoms with Gasteiger partial charge in [0.15, 0.2) is 0 Å². The summed E-state index contributed by atoms with van der Waals surface area (Å²) in [7, 11) is 0. The van der Waals surface area contributed by atoms with Crippen LogP contribution in [0.3, 0.4) is 0 Å². The lowest BCUT2D eigenvalue weighted by Crippen LogP contribution is -2.46. The second-order valence-corrected chi connectivity index (χ2v) is 5.89. The summed E-state index contributed by atoms with van der Waals surface area (Å²) in [5, 5.41) is 3.26. The molecular weight excluding hydrogens is 297 g/mol. The molecule has 1 aliphatic heterocycles. The maximum Gasteiger partial charge on any atom is 0.522 e. The lowest BCUT2D eigenvalue weighted by atomic mass is 10.1. The number of rotatable bonds is 7. The topological polar surface area (TPSA) is 43.4 Å². The van der Waals surface area contributed by atoms with Crippen LogP contribution in [-0.4, -0.2) is 37.1 Å². The number of hydrogen-bond donors (Lipinski definition) is 1. The molecule has 1 aromatic heterocycles. The monoisotopic (exact) mass is 316 g/mol. The SMILES string of the molecule is FC(F)(F)OCC[C@H]1C[C@@H]1c1cncc(OC[C@@H]2CCN2)c1. The Kier molecular flexibility index (Phi) is 4.54. The molecule has 1 N–H and O–H groups in total. The van der Waals surface area contributed by atoms with Crippen LogP contribution in [0.2, 0.25) is 0 Å². The third-order valence-electron chi connectivity index (χ3n) is 4.22. The molecule has 0 radical (unpaired) electrons. The van der Waals surface area contributed by atoms with E-state index in [1.165, 1.54) is 0 Å². The van der Waals surface area contributed by atoms with E-state index in [0.717, 1.165) is 30.7 Å². The maximum atomic E-state index is 11.9. The zero-order chi connectivity index (χ0) is 15.6. The normalized spacial score (nSPS) is 27.3. The number of halogens is 3. The van der Waals surface area contributed by atoms with Gasteiger partial charge < -0.3 is 10.1 Å². The lowest BCUT2D eigenvalue weighted by molar-refractivity contribution is -0.325. The summed E-state index contributed by atoms with van der Waals surface area (Å²) in [5.41, 5.74) is 1.04. The van der Waals surface area contributed by atoms with Crippen LogP contribution in [0.5, 0.6) is 5.75 Å². The van der Waals surface area contributed by atoms with E-state index in [2.05, 4.69) is 15.0 Å². The second kappa shape index (κ2) is 6.42. The molecule has 2 aliphatic rings. The largest absolute Gasteiger partial charge is 0.522 e. The number of hydrogen-bond acceptors (Lipinski definition) is 4. The van der Waals surface area contributed by atoms with Gasteiger partial charge in [-0.25, -0.2) is 0 Å². The minimum Gasteiger partial charge on any atom is -0.490 e. The maximum absolute atomic E-state index is 11.9. The fourth-order valence-corrected chi connectivity index (χ4v) is 2.71. The highest BCUT2D eigenvalue weighted by molar-refractivity contribution is 5.30. The highest BCUT2D eigenvalue weighted by Crippen LogP contribution is 2.50. The van der Waals surface area contributed by atoms with Crippen molar-refractivity contribution >= 4 is 0 Å². The summed E-state index contributed by atoms with van der Waals surface area (Å²) in [6.07, 6.45) is 1.33. The van der Waals surface area contributed by atoms with E-state index >= 15 is 0 Å². The number of nitrogens with one attached hydrogen (secondary N) is 1. The average Bonchev–Trinajstić information content (AvgIpc) is 3.15. The molecule has 1 aromatic rings. The van der Waals surface area contributed by atoms with Gasteiger partial charge in [0.25, 0.3) is 0 Å². The van der Waals surface area contributed by atoms with Crippen molar-refractivity contribution in [1.29, 1.82) is 0 Å². The van der Waals surface area contributed by atoms with E-state index in [-0.39, 0.29) is 18.4 Å². The Morgan fingerprint density at radius 3 is 2.82 bits per heavy atom. The van der Waals surface area contributed by atoms with E-state index in [1.54, 1.807) is 12.4 Å². The number of nitrogens with zero attached hydrogens (tertiary/aromatic N) is 1. The summed E-state index contributed by atoms with van der Waals surface area (Å²) in [6.45, 7) is 1.39. The van der Waals surface area contributed by atoms with Crippen LogP contribution in [0, 0.1) is 5.92 Å². The van der Waals surface area contributed by atoms with Crippen LogP contribution in [0.25, 0.3) is 0 Å². The number of pyridine rings is 1. The molecule has 22 heavy (non-hydrogen) atoms. The van der Waals surface area contributed by atoms with Gasteiger partial charge in [0.05, 0.1) is 12.8 Å². The first-order valence-electron chi connectivity index (χ1n) is 7.53. The molecule has 1 saturated carbocycles. The van der Waals surface area contributed by atoms with Crippen molar-refractivity contribution in [3.63, 3.8) is 0 Å². The third kappa shape index (κ3) is 4.33. The van der Waals surface area contributed by atoms with Crippen LogP contribution in [0.4, 0.5) is 13.2 Å². The van der Waals surface area contributed by atoms with Crippen molar-refractivity contribution in [3.05, 3.63) is 24.0 Å². The summed E-state index contributed by atoms with van der Waals surface area (Å²) < 4.78 is 45.3. The quantitative estimate of drug-likeness (QED) is 0.840. The first kappa shape index (κ1) is 15.6. The van der Waals surface area contributed by atoms with Gasteiger partial charge in [0.2, 0.25) is 0 Å². The van der Waals surface area contributed by atoms with Crippen molar-refractivity contribution in [3.8, 4) is 5.75 Å². The summed E-state index contributed by atoms with van der Waals surface area (Å²) >= 11 is 0. The smallest absolute Gasteiger partial charge is 0.490 e. The second-order valence-electron chi connectivity index (χ2n) is 5.89. The van der Waals surface area contributed by atoms with Gasteiger partial charge in [0, 0.05) is 12.2 Å². The Balaban J connectivity index is 1.44. The molecule has 3 rings (SSSR count). The molecular formula is C15H19F3N2O2. The summed E-state index contributed by atoms with van der Waals surface area (Å²) in [6, 6.07) is 2.36. The standard InChI is InChI=1S/C15H19F3N2O2/c16-15(17,18)22-4-2-10-6-14(10)11-5-13(8-19-7-11)21-9-12-1-3-20-12/h5,7-8,10,12,14,20H,1-4,6,9H2/t10-,12-,14-/m0/s1. The van der Waals surface area contributed by atoms with Crippen LogP contribution >= 0.6 is 0 Å². The van der Waals surface area contributed by atoms with Crippen molar-refractivity contribution in [1.82, 2.24) is 10.3 Å². The molecule has 3 atom stereocenters. The van der Waals surface area contributed by atoms with Gasteiger partial charge in [-0.05, 0) is 49.3 Å². The highest BCUT2D eigenvalue weighted by Gasteiger charge is 2.39. The molecule has 4 nitrogen and oxygen atoms in total. The number of ether oxygens (including phenoxy) is 2.